The fourth-order valence-corrected chi connectivity index (χ4v) is 3.39. The molecule has 0 amide bonds. The number of nitrogen functional groups attached to an aromatic ring is 1. The second-order valence-electron chi connectivity index (χ2n) is 3.73. The first kappa shape index (κ1) is 18.1. The van der Waals surface area contributed by atoms with Gasteiger partial charge in [0.2, 0.25) is 0 Å². The molecule has 0 radical (unpaired) electrons. The minimum Gasteiger partial charge on any atom is -0.397 e. The standard InChI is InChI=1S/C10H7F6I2NO/c1-20-8(9(11,12)13,10(14,15)16)4-2-5(17)7(19)6(18)3-4/h2-3H,19H2,1H3. The molecule has 0 unspecified atom stereocenters. The summed E-state index contributed by atoms with van der Waals surface area (Å²) in [7, 11) is 0.372. The molecule has 0 aliphatic rings. The third-order valence-electron chi connectivity index (χ3n) is 2.59. The summed E-state index contributed by atoms with van der Waals surface area (Å²) >= 11 is 3.14. The van der Waals surface area contributed by atoms with Gasteiger partial charge in [-0.15, -0.1) is 0 Å². The highest BCUT2D eigenvalue weighted by Crippen LogP contribution is 2.53. The highest BCUT2D eigenvalue weighted by molar-refractivity contribution is 14.1. The lowest BCUT2D eigenvalue weighted by Crippen LogP contribution is -2.55. The Balaban J connectivity index is 3.71. The van der Waals surface area contributed by atoms with Gasteiger partial charge in [0, 0.05) is 19.8 Å². The van der Waals surface area contributed by atoms with Gasteiger partial charge in [0.25, 0.3) is 5.60 Å². The van der Waals surface area contributed by atoms with Gasteiger partial charge in [-0.25, -0.2) is 0 Å². The number of alkyl halides is 6. The molecule has 0 aliphatic carbocycles. The van der Waals surface area contributed by atoms with Crippen LogP contribution in [0.5, 0.6) is 0 Å². The van der Waals surface area contributed by atoms with E-state index in [1.165, 1.54) is 0 Å². The first-order valence-electron chi connectivity index (χ1n) is 4.82. The molecule has 0 heterocycles. The molecule has 20 heavy (non-hydrogen) atoms. The van der Waals surface area contributed by atoms with Crippen LogP contribution < -0.4 is 5.73 Å². The average Bonchev–Trinajstić information content (AvgIpc) is 2.23. The summed E-state index contributed by atoms with van der Waals surface area (Å²) in [6.45, 7) is 0. The van der Waals surface area contributed by atoms with Crippen LogP contribution in [-0.4, -0.2) is 19.5 Å². The summed E-state index contributed by atoms with van der Waals surface area (Å²) in [6, 6.07) is 1.45. The van der Waals surface area contributed by atoms with Gasteiger partial charge in [-0.05, 0) is 57.3 Å². The zero-order chi connectivity index (χ0) is 15.9. The van der Waals surface area contributed by atoms with Gasteiger partial charge in [0.1, 0.15) is 0 Å². The number of nitrogens with two attached hydrogens (primary N) is 1. The summed E-state index contributed by atoms with van der Waals surface area (Å²) in [5.41, 5.74) is 0.216. The van der Waals surface area contributed by atoms with Crippen LogP contribution in [0.3, 0.4) is 0 Å². The van der Waals surface area contributed by atoms with Crippen molar-refractivity contribution in [3.8, 4) is 0 Å². The molecule has 0 saturated heterocycles. The van der Waals surface area contributed by atoms with E-state index in [9.17, 15) is 26.3 Å². The molecule has 0 aromatic heterocycles. The Hall–Kier alpha value is 0.0200. The lowest BCUT2D eigenvalue weighted by molar-refractivity contribution is -0.383. The first-order valence-corrected chi connectivity index (χ1v) is 6.98. The number of ether oxygens (including phenoxy) is 1. The quantitative estimate of drug-likeness (QED) is 0.353. The molecule has 0 bridgehead atoms. The van der Waals surface area contributed by atoms with E-state index in [4.69, 9.17) is 5.73 Å². The van der Waals surface area contributed by atoms with Crippen LogP contribution in [0.2, 0.25) is 0 Å². The molecule has 0 atom stereocenters. The van der Waals surface area contributed by atoms with E-state index in [1.54, 1.807) is 45.2 Å². The van der Waals surface area contributed by atoms with Gasteiger partial charge in [-0.1, -0.05) is 0 Å². The van der Waals surface area contributed by atoms with Crippen molar-refractivity contribution in [1.29, 1.82) is 0 Å². The number of halogens is 8. The number of methoxy groups -OCH3 is 1. The maximum Gasteiger partial charge on any atom is 0.430 e. The number of anilines is 1. The summed E-state index contributed by atoms with van der Waals surface area (Å²) in [6.07, 6.45) is -11.3. The molecule has 0 aliphatic heterocycles. The van der Waals surface area contributed by atoms with Crippen molar-refractivity contribution < 1.29 is 31.1 Å². The Bertz CT molecular complexity index is 476. The Morgan fingerprint density at radius 1 is 0.950 bits per heavy atom. The number of hydrogen-bond acceptors (Lipinski definition) is 2. The molecule has 114 valence electrons. The predicted octanol–water partition coefficient (Wildman–Crippen LogP) is 4.44. The summed E-state index contributed by atoms with van der Waals surface area (Å²) in [5, 5.41) is 0. The molecular formula is C10H7F6I2NO. The van der Waals surface area contributed by atoms with Crippen molar-refractivity contribution in [2.75, 3.05) is 12.8 Å². The van der Waals surface area contributed by atoms with Crippen molar-refractivity contribution in [2.24, 2.45) is 0 Å². The molecular weight excluding hydrogens is 518 g/mol. The van der Waals surface area contributed by atoms with Crippen LogP contribution >= 0.6 is 45.2 Å². The Morgan fingerprint density at radius 3 is 1.55 bits per heavy atom. The molecule has 0 spiro atoms. The fourth-order valence-electron chi connectivity index (χ4n) is 1.62. The van der Waals surface area contributed by atoms with E-state index in [2.05, 4.69) is 4.74 Å². The zero-order valence-electron chi connectivity index (χ0n) is 9.66. The van der Waals surface area contributed by atoms with Gasteiger partial charge < -0.3 is 10.5 Å². The van der Waals surface area contributed by atoms with E-state index in [-0.39, 0.29) is 12.8 Å². The van der Waals surface area contributed by atoms with Crippen molar-refractivity contribution in [2.45, 2.75) is 18.0 Å². The molecule has 2 N–H and O–H groups in total. The number of benzene rings is 1. The zero-order valence-corrected chi connectivity index (χ0v) is 14.0. The second-order valence-corrected chi connectivity index (χ2v) is 6.06. The van der Waals surface area contributed by atoms with Crippen LogP contribution in [0.4, 0.5) is 32.0 Å². The summed E-state index contributed by atoms with van der Waals surface area (Å²) in [5.74, 6) is 0. The third kappa shape index (κ3) is 2.82. The smallest absolute Gasteiger partial charge is 0.397 e. The third-order valence-corrected chi connectivity index (χ3v) is 4.38. The average molecular weight is 525 g/mol. The van der Waals surface area contributed by atoms with Crippen LogP contribution in [0.15, 0.2) is 12.1 Å². The van der Waals surface area contributed by atoms with Crippen molar-refractivity contribution in [1.82, 2.24) is 0 Å². The fraction of sp³-hybridized carbons (Fsp3) is 0.400. The highest BCUT2D eigenvalue weighted by Gasteiger charge is 2.73. The van der Waals surface area contributed by atoms with Gasteiger partial charge in [0.15, 0.2) is 0 Å². The van der Waals surface area contributed by atoms with Crippen LogP contribution in [-0.2, 0) is 10.3 Å². The van der Waals surface area contributed by atoms with Gasteiger partial charge in [-0.3, -0.25) is 0 Å². The first-order chi connectivity index (χ1) is 8.88. The van der Waals surface area contributed by atoms with Crippen LogP contribution in [0.1, 0.15) is 5.56 Å². The molecule has 1 rings (SSSR count). The Labute approximate surface area is 137 Å². The van der Waals surface area contributed by atoms with Gasteiger partial charge in [0.05, 0.1) is 5.69 Å². The van der Waals surface area contributed by atoms with Crippen molar-refractivity contribution >= 4 is 50.9 Å². The predicted molar refractivity (Wildman–Crippen MR) is 77.1 cm³/mol. The molecule has 10 heteroatoms. The van der Waals surface area contributed by atoms with E-state index in [0.29, 0.717) is 7.11 Å². The highest BCUT2D eigenvalue weighted by atomic mass is 127. The van der Waals surface area contributed by atoms with Crippen LogP contribution in [0, 0.1) is 7.14 Å². The Morgan fingerprint density at radius 2 is 1.30 bits per heavy atom. The van der Waals surface area contributed by atoms with Crippen molar-refractivity contribution in [3.05, 3.63) is 24.8 Å². The largest absolute Gasteiger partial charge is 0.430 e. The van der Waals surface area contributed by atoms with E-state index >= 15 is 0 Å². The molecule has 1 aromatic carbocycles. The van der Waals surface area contributed by atoms with E-state index in [0.717, 1.165) is 12.1 Å². The topological polar surface area (TPSA) is 35.2 Å². The Kier molecular flexibility index (Phi) is 5.12. The monoisotopic (exact) mass is 525 g/mol. The maximum atomic E-state index is 13.0. The molecule has 0 fully saturated rings. The van der Waals surface area contributed by atoms with E-state index in [1.807, 2.05) is 0 Å². The van der Waals surface area contributed by atoms with Crippen LogP contribution in [0.25, 0.3) is 0 Å². The molecule has 2 nitrogen and oxygen atoms in total. The number of rotatable bonds is 2. The minimum absolute atomic E-state index is 0.0828. The lowest BCUT2D eigenvalue weighted by atomic mass is 9.91. The summed E-state index contributed by atoms with van der Waals surface area (Å²) in [4.78, 5) is 0. The lowest BCUT2D eigenvalue weighted by Gasteiger charge is -2.36. The molecule has 0 saturated carbocycles. The minimum atomic E-state index is -5.66. The second kappa shape index (κ2) is 5.66. The normalized spacial score (nSPS) is 13.7. The van der Waals surface area contributed by atoms with Gasteiger partial charge in [-0.2, -0.15) is 26.3 Å². The number of hydrogen-bond donors (Lipinski definition) is 1. The SMILES string of the molecule is COC(c1cc(I)c(N)c(I)c1)(C(F)(F)F)C(F)(F)F. The van der Waals surface area contributed by atoms with Crippen molar-refractivity contribution in [3.63, 3.8) is 0 Å². The van der Waals surface area contributed by atoms with E-state index < -0.39 is 23.5 Å². The maximum absolute atomic E-state index is 13.0. The molecule has 1 aromatic rings. The van der Waals surface area contributed by atoms with Gasteiger partial charge >= 0.3 is 12.4 Å². The summed E-state index contributed by atoms with van der Waals surface area (Å²) < 4.78 is 82.3.